The number of aromatic nitrogens is 6. The molecule has 8 heteroatoms. The number of pyridine rings is 2. The van der Waals surface area contributed by atoms with Crippen molar-refractivity contribution in [2.45, 2.75) is 40.5 Å². The molecule has 318 valence electrons. The molecule has 0 fully saturated rings. The minimum absolute atomic E-state index is 0.489. The second-order valence-corrected chi connectivity index (χ2v) is 17.3. The van der Waals surface area contributed by atoms with Crippen LogP contribution >= 0.6 is 0 Å². The van der Waals surface area contributed by atoms with Gasteiger partial charge in [0.25, 0.3) is 0 Å². The molecule has 0 saturated carbocycles. The van der Waals surface area contributed by atoms with Gasteiger partial charge in [-0.05, 0) is 108 Å². The molecule has 10 rings (SSSR count). The number of nitrogens with zero attached hydrogens (tertiary/aromatic N) is 6. The van der Waals surface area contributed by atoms with E-state index < -0.39 is 0 Å². The first-order valence-electron chi connectivity index (χ1n) is 22.2. The van der Waals surface area contributed by atoms with Gasteiger partial charge in [-0.15, -0.1) is 0 Å². The van der Waals surface area contributed by atoms with E-state index in [4.69, 9.17) is 19.4 Å². The molecule has 0 atom stereocenters. The van der Waals surface area contributed by atoms with Crippen molar-refractivity contribution in [3.63, 3.8) is 0 Å². The Bertz CT molecular complexity index is 3080. The lowest BCUT2D eigenvalue weighted by Gasteiger charge is -2.14. The Balaban J connectivity index is 0.961. The monoisotopic (exact) mass is 848 g/mol. The highest BCUT2D eigenvalue weighted by Crippen LogP contribution is 2.39. The van der Waals surface area contributed by atoms with Gasteiger partial charge in [0.15, 0.2) is 0 Å². The molecule has 0 radical (unpaired) electrons. The van der Waals surface area contributed by atoms with E-state index in [2.05, 4.69) is 140 Å². The summed E-state index contributed by atoms with van der Waals surface area (Å²) in [5.74, 6) is 4.26. The zero-order valence-electron chi connectivity index (χ0n) is 36.9. The smallest absolute Gasteiger partial charge is 0.237 e. The van der Waals surface area contributed by atoms with Crippen molar-refractivity contribution in [2.24, 2.45) is 11.8 Å². The standard InChI is InChI=1S/C57H48N6O2/c1-37(2)25-43-29-53(59-33-51(43)39-13-7-5-8-14-39)41-17-11-19-45(27-41)64-47-21-23-49-50-24-22-48(32-56(50)63(55(49)31-47)57-61-35-58-36-62-57)65-46-20-12-18-42(28-46)54-30-44(26-38(3)4)52(34-60-54)40-15-9-6-10-16-40/h5-24,27-38H,25-26H2,1-4H3. The third kappa shape index (κ3) is 8.84. The van der Waals surface area contributed by atoms with E-state index in [1.54, 1.807) is 0 Å². The van der Waals surface area contributed by atoms with Crippen LogP contribution in [0.15, 0.2) is 183 Å². The quantitative estimate of drug-likeness (QED) is 0.114. The molecule has 10 aromatic rings. The first-order valence-corrected chi connectivity index (χ1v) is 22.2. The van der Waals surface area contributed by atoms with Crippen molar-refractivity contribution < 1.29 is 9.47 Å². The molecule has 4 aromatic heterocycles. The molecule has 6 aromatic carbocycles. The highest BCUT2D eigenvalue weighted by molar-refractivity contribution is 6.09. The van der Waals surface area contributed by atoms with Crippen molar-refractivity contribution in [2.75, 3.05) is 0 Å². The van der Waals surface area contributed by atoms with Crippen molar-refractivity contribution in [3.05, 3.63) is 194 Å². The third-order valence-electron chi connectivity index (χ3n) is 11.5. The minimum atomic E-state index is 0.489. The van der Waals surface area contributed by atoms with Gasteiger partial charge in [0.05, 0.1) is 22.4 Å². The first kappa shape index (κ1) is 41.1. The van der Waals surface area contributed by atoms with Crippen molar-refractivity contribution >= 4 is 21.8 Å². The van der Waals surface area contributed by atoms with Crippen LogP contribution in [0.5, 0.6) is 23.0 Å². The average Bonchev–Trinajstić information content (AvgIpc) is 3.65. The largest absolute Gasteiger partial charge is 0.457 e. The van der Waals surface area contributed by atoms with E-state index in [1.807, 2.05) is 77.6 Å². The molecule has 0 N–H and O–H groups in total. The molecule has 0 spiro atoms. The lowest BCUT2D eigenvalue weighted by atomic mass is 9.93. The molecule has 65 heavy (non-hydrogen) atoms. The molecule has 0 bridgehead atoms. The number of ether oxygens (including phenoxy) is 2. The lowest BCUT2D eigenvalue weighted by Crippen LogP contribution is -2.01. The number of rotatable bonds is 13. The summed E-state index contributed by atoms with van der Waals surface area (Å²) in [6, 6.07) is 53.9. The fraction of sp³-hybridized carbons (Fsp3) is 0.140. The maximum atomic E-state index is 6.60. The Labute approximate surface area is 379 Å². The summed E-state index contributed by atoms with van der Waals surface area (Å²) in [5.41, 5.74) is 12.8. The summed E-state index contributed by atoms with van der Waals surface area (Å²) in [6.45, 7) is 9.00. The van der Waals surface area contributed by atoms with Crippen LogP contribution in [0.1, 0.15) is 38.8 Å². The average molecular weight is 849 g/mol. The van der Waals surface area contributed by atoms with Gasteiger partial charge in [-0.25, -0.2) is 15.0 Å². The summed E-state index contributed by atoms with van der Waals surface area (Å²) in [7, 11) is 0. The van der Waals surface area contributed by atoms with Crippen LogP contribution in [0.2, 0.25) is 0 Å². The highest BCUT2D eigenvalue weighted by Gasteiger charge is 2.18. The Kier molecular flexibility index (Phi) is 11.4. The van der Waals surface area contributed by atoms with Crippen LogP contribution in [0.25, 0.3) is 72.5 Å². The van der Waals surface area contributed by atoms with Gasteiger partial charge in [-0.1, -0.05) is 113 Å². The molecule has 0 unspecified atom stereocenters. The zero-order valence-corrected chi connectivity index (χ0v) is 36.9. The highest BCUT2D eigenvalue weighted by atomic mass is 16.5. The normalized spacial score (nSPS) is 11.5. The van der Waals surface area contributed by atoms with Gasteiger partial charge in [0.1, 0.15) is 35.7 Å². The first-order chi connectivity index (χ1) is 31.8. The third-order valence-corrected chi connectivity index (χ3v) is 11.5. The van der Waals surface area contributed by atoms with Gasteiger partial charge >= 0.3 is 0 Å². The van der Waals surface area contributed by atoms with Gasteiger partial charge in [-0.2, -0.15) is 0 Å². The molecular weight excluding hydrogens is 801 g/mol. The summed E-state index contributed by atoms with van der Waals surface area (Å²) in [5, 5.41) is 2.05. The van der Waals surface area contributed by atoms with Crippen LogP contribution in [0.3, 0.4) is 0 Å². The molecular formula is C57H48N6O2. The Morgan fingerprint density at radius 2 is 0.862 bits per heavy atom. The maximum Gasteiger partial charge on any atom is 0.237 e. The van der Waals surface area contributed by atoms with Gasteiger partial charge in [-0.3, -0.25) is 14.5 Å². The van der Waals surface area contributed by atoms with E-state index in [0.717, 1.165) is 57.2 Å². The van der Waals surface area contributed by atoms with E-state index in [9.17, 15) is 0 Å². The summed E-state index contributed by atoms with van der Waals surface area (Å²) < 4.78 is 15.2. The summed E-state index contributed by atoms with van der Waals surface area (Å²) in [4.78, 5) is 23.2. The second kappa shape index (κ2) is 18.0. The summed E-state index contributed by atoms with van der Waals surface area (Å²) >= 11 is 0. The molecule has 8 nitrogen and oxygen atoms in total. The number of hydrogen-bond acceptors (Lipinski definition) is 7. The number of fused-ring (bicyclic) bond motifs is 3. The Hall–Kier alpha value is -7.97. The van der Waals surface area contributed by atoms with E-state index >= 15 is 0 Å². The van der Waals surface area contributed by atoms with Crippen LogP contribution < -0.4 is 9.47 Å². The molecule has 4 heterocycles. The van der Waals surface area contributed by atoms with E-state index in [-0.39, 0.29) is 0 Å². The SMILES string of the molecule is CC(C)Cc1cc(-c2cccc(Oc3ccc4c5ccc(Oc6cccc(-c7cc(CC(C)C)c(-c8ccccc8)cn7)c6)cc5n(-c5ncncn5)c4c3)c2)ncc1-c1ccccc1. The summed E-state index contributed by atoms with van der Waals surface area (Å²) in [6.07, 6.45) is 8.94. The van der Waals surface area contributed by atoms with Crippen LogP contribution in [-0.2, 0) is 12.8 Å². The van der Waals surface area contributed by atoms with Crippen molar-refractivity contribution in [1.29, 1.82) is 0 Å². The Morgan fingerprint density at radius 1 is 0.431 bits per heavy atom. The zero-order chi connectivity index (χ0) is 44.3. The van der Waals surface area contributed by atoms with Crippen molar-refractivity contribution in [3.8, 4) is 73.7 Å². The minimum Gasteiger partial charge on any atom is -0.457 e. The van der Waals surface area contributed by atoms with Crippen LogP contribution in [0, 0.1) is 11.8 Å². The lowest BCUT2D eigenvalue weighted by molar-refractivity contribution is 0.483. The Morgan fingerprint density at radius 3 is 1.31 bits per heavy atom. The topological polar surface area (TPSA) is 87.8 Å². The van der Waals surface area contributed by atoms with E-state index in [0.29, 0.717) is 40.8 Å². The van der Waals surface area contributed by atoms with Crippen LogP contribution in [0.4, 0.5) is 0 Å². The van der Waals surface area contributed by atoms with Gasteiger partial charge < -0.3 is 9.47 Å². The predicted molar refractivity (Wildman–Crippen MR) is 262 cm³/mol. The van der Waals surface area contributed by atoms with Crippen LogP contribution in [-0.4, -0.2) is 29.5 Å². The molecule has 0 aliphatic carbocycles. The fourth-order valence-corrected chi connectivity index (χ4v) is 8.66. The predicted octanol–water partition coefficient (Wildman–Crippen LogP) is 14.4. The number of benzene rings is 6. The maximum absolute atomic E-state index is 6.60. The number of hydrogen-bond donors (Lipinski definition) is 0. The fourth-order valence-electron chi connectivity index (χ4n) is 8.66. The van der Waals surface area contributed by atoms with Gasteiger partial charge in [0, 0.05) is 57.6 Å². The molecule has 0 aliphatic heterocycles. The molecule has 0 saturated heterocycles. The molecule has 0 aliphatic rings. The second-order valence-electron chi connectivity index (χ2n) is 17.3. The molecule has 0 amide bonds. The van der Waals surface area contributed by atoms with Gasteiger partial charge in [0.2, 0.25) is 5.95 Å². The van der Waals surface area contributed by atoms with E-state index in [1.165, 1.54) is 46.0 Å². The van der Waals surface area contributed by atoms with Crippen molar-refractivity contribution in [1.82, 2.24) is 29.5 Å².